The summed E-state index contributed by atoms with van der Waals surface area (Å²) in [5.74, 6) is -0.0615. The molecule has 25 heavy (non-hydrogen) atoms. The lowest BCUT2D eigenvalue weighted by molar-refractivity contribution is -0.127. The van der Waals surface area contributed by atoms with E-state index in [-0.39, 0.29) is 24.2 Å². The van der Waals surface area contributed by atoms with Gasteiger partial charge in [-0.15, -0.1) is 0 Å². The van der Waals surface area contributed by atoms with Crippen LogP contribution in [0.4, 0.5) is 4.39 Å². The number of halogens is 1. The molecular weight excluding hydrogens is 325 g/mol. The second kappa shape index (κ2) is 6.58. The lowest BCUT2D eigenvalue weighted by Crippen LogP contribution is -2.34. The van der Waals surface area contributed by atoms with Crippen LogP contribution in [0.2, 0.25) is 0 Å². The number of aromatic nitrogens is 2. The van der Waals surface area contributed by atoms with Gasteiger partial charge >= 0.3 is 0 Å². The first-order valence-corrected chi connectivity index (χ1v) is 8.30. The van der Waals surface area contributed by atoms with Gasteiger partial charge < -0.3 is 19.6 Å². The molecule has 1 fully saturated rings. The fourth-order valence-electron chi connectivity index (χ4n) is 2.86. The molecule has 2 heterocycles. The topological polar surface area (TPSA) is 80.2 Å². The minimum Gasteiger partial charge on any atom is -0.484 e. The summed E-state index contributed by atoms with van der Waals surface area (Å²) in [6, 6.07) is 6.53. The zero-order chi connectivity index (χ0) is 17.2. The van der Waals surface area contributed by atoms with Gasteiger partial charge in [0.05, 0.1) is 6.54 Å². The Bertz CT molecular complexity index is 884. The van der Waals surface area contributed by atoms with Crippen molar-refractivity contribution in [3.63, 3.8) is 0 Å². The Balaban J connectivity index is 1.45. The van der Waals surface area contributed by atoms with Crippen molar-refractivity contribution >= 4 is 16.8 Å². The fourth-order valence-corrected chi connectivity index (χ4v) is 2.86. The fraction of sp³-hybridized carbons (Fsp3) is 0.333. The Morgan fingerprint density at radius 1 is 1.40 bits per heavy atom. The predicted octanol–water partition coefficient (Wildman–Crippen LogP) is 3.29. The number of hydrogen-bond donors (Lipinski definition) is 2. The quantitative estimate of drug-likeness (QED) is 0.720. The number of amides is 1. The van der Waals surface area contributed by atoms with E-state index in [9.17, 15) is 9.18 Å². The van der Waals surface area contributed by atoms with Crippen molar-refractivity contribution in [2.24, 2.45) is 5.92 Å². The summed E-state index contributed by atoms with van der Waals surface area (Å²) in [7, 11) is 0. The van der Waals surface area contributed by atoms with Gasteiger partial charge in [-0.05, 0) is 25.0 Å². The van der Waals surface area contributed by atoms with E-state index < -0.39 is 5.82 Å². The molecule has 1 amide bonds. The van der Waals surface area contributed by atoms with Gasteiger partial charge in [-0.3, -0.25) is 4.79 Å². The number of ether oxygens (including phenoxy) is 1. The number of nitrogens with one attached hydrogen (secondary N) is 2. The largest absolute Gasteiger partial charge is 0.484 e. The van der Waals surface area contributed by atoms with Crippen LogP contribution in [0.1, 0.15) is 30.7 Å². The third-order valence-corrected chi connectivity index (χ3v) is 4.52. The van der Waals surface area contributed by atoms with E-state index in [0.29, 0.717) is 12.2 Å². The predicted molar refractivity (Wildman–Crippen MR) is 88.3 cm³/mol. The van der Waals surface area contributed by atoms with Gasteiger partial charge in [0.2, 0.25) is 5.91 Å². The van der Waals surface area contributed by atoms with Crippen molar-refractivity contribution in [3.8, 4) is 5.75 Å². The summed E-state index contributed by atoms with van der Waals surface area (Å²) in [6.07, 6.45) is 4.50. The number of nitrogens with zero attached hydrogens (tertiary/aromatic N) is 1. The molecule has 1 aromatic carbocycles. The number of fused-ring (bicyclic) bond motifs is 1. The average Bonchev–Trinajstić information content (AvgIpc) is 3.17. The van der Waals surface area contributed by atoms with E-state index in [1.165, 1.54) is 12.3 Å². The van der Waals surface area contributed by atoms with Crippen LogP contribution in [0, 0.1) is 11.7 Å². The highest BCUT2D eigenvalue weighted by atomic mass is 19.1. The Morgan fingerprint density at radius 3 is 3.00 bits per heavy atom. The van der Waals surface area contributed by atoms with Crippen molar-refractivity contribution < 1.29 is 18.4 Å². The SMILES string of the molecule is O=C(NCc1cc2cc(F)c(OCc3ccon3)cc2[nH]1)C1CCC1. The van der Waals surface area contributed by atoms with Crippen LogP contribution in [0.15, 0.2) is 35.1 Å². The molecule has 3 aromatic rings. The van der Waals surface area contributed by atoms with Crippen LogP contribution in [0.3, 0.4) is 0 Å². The molecule has 130 valence electrons. The average molecular weight is 343 g/mol. The molecule has 0 spiro atoms. The summed E-state index contributed by atoms with van der Waals surface area (Å²) >= 11 is 0. The minimum absolute atomic E-state index is 0.0905. The number of H-pyrrole nitrogens is 1. The monoisotopic (exact) mass is 343 g/mol. The molecule has 2 N–H and O–H groups in total. The maximum absolute atomic E-state index is 14.2. The minimum atomic E-state index is -0.444. The molecule has 0 bridgehead atoms. The lowest BCUT2D eigenvalue weighted by Gasteiger charge is -2.23. The molecular formula is C18H18FN3O3. The van der Waals surface area contributed by atoms with Crippen molar-refractivity contribution in [2.75, 3.05) is 0 Å². The summed E-state index contributed by atoms with van der Waals surface area (Å²) < 4.78 is 24.4. The molecule has 0 radical (unpaired) electrons. The van der Waals surface area contributed by atoms with Gasteiger partial charge in [0.1, 0.15) is 18.6 Å². The zero-order valence-electron chi connectivity index (χ0n) is 13.5. The number of rotatable bonds is 6. The third-order valence-electron chi connectivity index (χ3n) is 4.52. The van der Waals surface area contributed by atoms with Crippen LogP contribution in [-0.2, 0) is 17.9 Å². The number of aromatic amines is 1. The van der Waals surface area contributed by atoms with E-state index in [4.69, 9.17) is 9.26 Å². The smallest absolute Gasteiger partial charge is 0.223 e. The van der Waals surface area contributed by atoms with Crippen LogP contribution >= 0.6 is 0 Å². The molecule has 2 aromatic heterocycles. The normalized spacial score (nSPS) is 14.4. The number of benzene rings is 1. The maximum Gasteiger partial charge on any atom is 0.223 e. The standard InChI is InChI=1S/C18H18FN3O3/c19-15-7-12-6-14(9-20-18(23)11-2-1-3-11)21-16(12)8-17(15)24-10-13-4-5-25-22-13/h4-8,11,21H,1-3,9-10H2,(H,20,23). The molecule has 0 atom stereocenters. The molecule has 1 aliphatic rings. The highest BCUT2D eigenvalue weighted by Crippen LogP contribution is 2.27. The maximum atomic E-state index is 14.2. The Morgan fingerprint density at radius 2 is 2.28 bits per heavy atom. The molecule has 1 saturated carbocycles. The first kappa shape index (κ1) is 15.7. The summed E-state index contributed by atoms with van der Waals surface area (Å²) in [5, 5.41) is 7.38. The second-order valence-corrected chi connectivity index (χ2v) is 6.29. The molecule has 7 heteroatoms. The summed E-state index contributed by atoms with van der Waals surface area (Å²) in [6.45, 7) is 0.532. The van der Waals surface area contributed by atoms with Crippen LogP contribution < -0.4 is 10.1 Å². The van der Waals surface area contributed by atoms with Crippen molar-refractivity contribution in [3.05, 3.63) is 47.7 Å². The molecule has 0 aliphatic heterocycles. The highest BCUT2D eigenvalue weighted by Gasteiger charge is 2.24. The van der Waals surface area contributed by atoms with Gasteiger partial charge in [0.15, 0.2) is 11.6 Å². The Hall–Kier alpha value is -2.83. The van der Waals surface area contributed by atoms with E-state index in [1.807, 2.05) is 6.07 Å². The third kappa shape index (κ3) is 3.35. The number of hydrogen-bond acceptors (Lipinski definition) is 4. The van der Waals surface area contributed by atoms with E-state index in [2.05, 4.69) is 15.5 Å². The first-order chi connectivity index (χ1) is 12.2. The van der Waals surface area contributed by atoms with Crippen LogP contribution in [0.5, 0.6) is 5.75 Å². The van der Waals surface area contributed by atoms with Crippen molar-refractivity contribution in [2.45, 2.75) is 32.4 Å². The van der Waals surface area contributed by atoms with Gasteiger partial charge in [-0.1, -0.05) is 11.6 Å². The van der Waals surface area contributed by atoms with Crippen LogP contribution in [-0.4, -0.2) is 16.0 Å². The van der Waals surface area contributed by atoms with Crippen molar-refractivity contribution in [1.82, 2.24) is 15.5 Å². The summed E-state index contributed by atoms with van der Waals surface area (Å²) in [4.78, 5) is 15.1. The second-order valence-electron chi connectivity index (χ2n) is 6.29. The molecule has 0 saturated heterocycles. The van der Waals surface area contributed by atoms with Crippen molar-refractivity contribution in [1.29, 1.82) is 0 Å². The molecule has 1 aliphatic carbocycles. The summed E-state index contributed by atoms with van der Waals surface area (Å²) in [5.41, 5.74) is 2.17. The highest BCUT2D eigenvalue weighted by molar-refractivity contribution is 5.83. The van der Waals surface area contributed by atoms with E-state index in [1.54, 1.807) is 12.1 Å². The van der Waals surface area contributed by atoms with Crippen LogP contribution in [0.25, 0.3) is 10.9 Å². The van der Waals surface area contributed by atoms with Gasteiger partial charge in [-0.25, -0.2) is 4.39 Å². The van der Waals surface area contributed by atoms with Gasteiger partial charge in [0, 0.05) is 34.6 Å². The first-order valence-electron chi connectivity index (χ1n) is 8.30. The molecule has 4 rings (SSSR count). The molecule has 6 nitrogen and oxygen atoms in total. The Kier molecular flexibility index (Phi) is 4.13. The lowest BCUT2D eigenvalue weighted by atomic mass is 9.85. The number of carbonyl (C=O) groups excluding carboxylic acids is 1. The number of carbonyl (C=O) groups is 1. The zero-order valence-corrected chi connectivity index (χ0v) is 13.5. The Labute approximate surface area is 143 Å². The van der Waals surface area contributed by atoms with Gasteiger partial charge in [0.25, 0.3) is 0 Å². The molecule has 0 unspecified atom stereocenters. The van der Waals surface area contributed by atoms with E-state index >= 15 is 0 Å². The van der Waals surface area contributed by atoms with Gasteiger partial charge in [-0.2, -0.15) is 0 Å². The van der Waals surface area contributed by atoms with E-state index in [0.717, 1.165) is 35.9 Å².